The van der Waals surface area contributed by atoms with Gasteiger partial charge in [-0.05, 0) is 71.6 Å². The van der Waals surface area contributed by atoms with E-state index in [-0.39, 0.29) is 5.41 Å². The lowest BCUT2D eigenvalue weighted by molar-refractivity contribution is 0.706. The lowest BCUT2D eigenvalue weighted by Crippen LogP contribution is -2.23. The molecule has 0 N–H and O–H groups in total. The Morgan fingerprint density at radius 2 is 1.65 bits per heavy atom. The summed E-state index contributed by atoms with van der Waals surface area (Å²) < 4.78 is 0. The summed E-state index contributed by atoms with van der Waals surface area (Å²) in [4.78, 5) is 12.0. The van der Waals surface area contributed by atoms with Crippen molar-refractivity contribution in [2.45, 2.75) is 19.3 Å². The lowest BCUT2D eigenvalue weighted by Gasteiger charge is -2.28. The van der Waals surface area contributed by atoms with Crippen molar-refractivity contribution in [2.75, 3.05) is 0 Å². The van der Waals surface area contributed by atoms with Crippen LogP contribution < -0.4 is 0 Å². The lowest BCUT2D eigenvalue weighted by atomic mass is 9.74. The van der Waals surface area contributed by atoms with Gasteiger partial charge in [0.1, 0.15) is 0 Å². The number of pyridine rings is 2. The first kappa shape index (κ1) is 13.4. The van der Waals surface area contributed by atoms with Gasteiger partial charge < -0.3 is 0 Å². The van der Waals surface area contributed by atoms with E-state index >= 15 is 0 Å². The summed E-state index contributed by atoms with van der Waals surface area (Å²) in [5.41, 5.74) is 5.89. The molecule has 0 fully saturated rings. The summed E-state index contributed by atoms with van der Waals surface area (Å²) in [6.45, 7) is 4.44. The number of hydrogen-bond donors (Lipinski definition) is 0. The van der Waals surface area contributed by atoms with Crippen LogP contribution >= 0.6 is 22.7 Å². The normalized spacial score (nSPS) is 14.9. The third-order valence-electron chi connectivity index (χ3n) is 4.93. The summed E-state index contributed by atoms with van der Waals surface area (Å²) >= 11 is 3.69. The quantitative estimate of drug-likeness (QED) is 0.466. The van der Waals surface area contributed by atoms with Crippen molar-refractivity contribution in [3.63, 3.8) is 0 Å². The Kier molecular flexibility index (Phi) is 2.62. The van der Waals surface area contributed by atoms with Gasteiger partial charge in [-0.3, -0.25) is 0 Å². The molecule has 0 bridgehead atoms. The van der Waals surface area contributed by atoms with E-state index in [0.717, 1.165) is 16.7 Å². The molecule has 0 aromatic carbocycles. The Balaban J connectivity index is 1.87. The average Bonchev–Trinajstić information content (AvgIpc) is 3.24. The van der Waals surface area contributed by atoms with Crippen LogP contribution in [0.1, 0.15) is 29.3 Å². The molecular formula is C19H14N2S2. The number of nitrogens with zero attached hydrogens (tertiary/aromatic N) is 2. The molecular weight excluding hydrogens is 320 g/mol. The van der Waals surface area contributed by atoms with Gasteiger partial charge >= 0.3 is 0 Å². The van der Waals surface area contributed by atoms with Gasteiger partial charge in [0.15, 0.2) is 5.65 Å². The van der Waals surface area contributed by atoms with E-state index in [0.29, 0.717) is 0 Å². The summed E-state index contributed by atoms with van der Waals surface area (Å²) in [5.74, 6) is 0. The van der Waals surface area contributed by atoms with Crippen molar-refractivity contribution in [2.24, 2.45) is 0 Å². The molecule has 4 heteroatoms. The number of thiophene rings is 2. The van der Waals surface area contributed by atoms with E-state index < -0.39 is 0 Å². The number of hydrogen-bond acceptors (Lipinski definition) is 4. The number of rotatable bonds is 1. The van der Waals surface area contributed by atoms with Gasteiger partial charge in [0.2, 0.25) is 0 Å². The SMILES string of the molecule is Cc1nc2ncccc2cc1C1(C)c2ccsc2-c2sccc21. The zero-order valence-electron chi connectivity index (χ0n) is 12.8. The van der Waals surface area contributed by atoms with Crippen LogP contribution in [0, 0.1) is 6.92 Å². The summed E-state index contributed by atoms with van der Waals surface area (Å²) in [6.07, 6.45) is 1.81. The van der Waals surface area contributed by atoms with Crippen LogP contribution in [0.4, 0.5) is 0 Å². The standard InChI is InChI=1S/C19H14N2S2/c1-11-15(10-12-4-3-7-20-18(12)21-11)19(2)13-5-8-22-16(13)17-14(19)6-9-23-17/h3-10H,1-2H3. The van der Waals surface area contributed by atoms with E-state index in [1.54, 1.807) is 6.20 Å². The predicted octanol–water partition coefficient (Wildman–Crippen LogP) is 5.40. The first-order valence-corrected chi connectivity index (χ1v) is 9.34. The molecule has 5 rings (SSSR count). The van der Waals surface area contributed by atoms with Crippen molar-refractivity contribution >= 4 is 33.7 Å². The van der Waals surface area contributed by atoms with Crippen molar-refractivity contribution < 1.29 is 0 Å². The van der Waals surface area contributed by atoms with Crippen molar-refractivity contribution in [3.8, 4) is 9.75 Å². The van der Waals surface area contributed by atoms with Gasteiger partial charge in [0, 0.05) is 32.4 Å². The van der Waals surface area contributed by atoms with E-state index in [1.807, 2.05) is 28.7 Å². The number of aryl methyl sites for hydroxylation is 1. The fourth-order valence-electron chi connectivity index (χ4n) is 3.79. The zero-order chi connectivity index (χ0) is 15.6. The topological polar surface area (TPSA) is 25.8 Å². The highest BCUT2D eigenvalue weighted by molar-refractivity contribution is 7.21. The fraction of sp³-hybridized carbons (Fsp3) is 0.158. The monoisotopic (exact) mass is 334 g/mol. The van der Waals surface area contributed by atoms with Gasteiger partial charge in [0.25, 0.3) is 0 Å². The Morgan fingerprint density at radius 1 is 0.957 bits per heavy atom. The molecule has 4 aromatic rings. The van der Waals surface area contributed by atoms with Crippen LogP contribution in [0.2, 0.25) is 0 Å². The average molecular weight is 334 g/mol. The van der Waals surface area contributed by atoms with E-state index in [1.165, 1.54) is 26.4 Å². The molecule has 0 saturated carbocycles. The second kappa shape index (κ2) is 4.49. The van der Waals surface area contributed by atoms with Gasteiger partial charge in [-0.25, -0.2) is 9.97 Å². The molecule has 0 radical (unpaired) electrons. The molecule has 0 unspecified atom stereocenters. The molecule has 1 aliphatic rings. The Labute approximate surface area is 142 Å². The highest BCUT2D eigenvalue weighted by atomic mass is 32.1. The summed E-state index contributed by atoms with van der Waals surface area (Å²) in [7, 11) is 0. The van der Waals surface area contributed by atoms with E-state index in [4.69, 9.17) is 4.98 Å². The first-order chi connectivity index (χ1) is 11.2. The smallest absolute Gasteiger partial charge is 0.159 e. The molecule has 1 aliphatic carbocycles. The molecule has 0 saturated heterocycles. The highest BCUT2D eigenvalue weighted by Gasteiger charge is 2.43. The largest absolute Gasteiger partial charge is 0.237 e. The van der Waals surface area contributed by atoms with Crippen molar-refractivity contribution in [1.82, 2.24) is 9.97 Å². The predicted molar refractivity (Wildman–Crippen MR) is 97.5 cm³/mol. The molecule has 0 spiro atoms. The van der Waals surface area contributed by atoms with Crippen LogP contribution in [0.15, 0.2) is 47.3 Å². The minimum atomic E-state index is -0.119. The third-order valence-corrected chi connectivity index (χ3v) is 6.93. The minimum absolute atomic E-state index is 0.119. The second-order valence-electron chi connectivity index (χ2n) is 6.12. The first-order valence-electron chi connectivity index (χ1n) is 7.59. The Morgan fingerprint density at radius 3 is 2.35 bits per heavy atom. The van der Waals surface area contributed by atoms with Crippen LogP contribution in [0.5, 0.6) is 0 Å². The molecule has 23 heavy (non-hydrogen) atoms. The molecule has 0 amide bonds. The minimum Gasteiger partial charge on any atom is -0.237 e. The molecule has 0 aliphatic heterocycles. The van der Waals surface area contributed by atoms with Crippen LogP contribution in [0.3, 0.4) is 0 Å². The molecule has 4 aromatic heterocycles. The van der Waals surface area contributed by atoms with E-state index in [2.05, 4.69) is 53.9 Å². The molecule has 0 atom stereocenters. The second-order valence-corrected chi connectivity index (χ2v) is 7.96. The molecule has 4 heterocycles. The Bertz CT molecular complexity index is 1020. The van der Waals surface area contributed by atoms with Crippen LogP contribution in [0.25, 0.3) is 20.8 Å². The maximum absolute atomic E-state index is 4.78. The number of fused-ring (bicyclic) bond motifs is 4. The fourth-order valence-corrected chi connectivity index (χ4v) is 5.99. The number of aromatic nitrogens is 2. The maximum Gasteiger partial charge on any atom is 0.159 e. The van der Waals surface area contributed by atoms with E-state index in [9.17, 15) is 0 Å². The zero-order valence-corrected chi connectivity index (χ0v) is 14.5. The molecule has 112 valence electrons. The van der Waals surface area contributed by atoms with Gasteiger partial charge in [-0.1, -0.05) is 0 Å². The van der Waals surface area contributed by atoms with Gasteiger partial charge in [-0.2, -0.15) is 0 Å². The van der Waals surface area contributed by atoms with Crippen molar-refractivity contribution in [1.29, 1.82) is 0 Å². The van der Waals surface area contributed by atoms with Crippen molar-refractivity contribution in [3.05, 3.63) is 69.7 Å². The third kappa shape index (κ3) is 1.62. The highest BCUT2D eigenvalue weighted by Crippen LogP contribution is 2.56. The maximum atomic E-state index is 4.78. The van der Waals surface area contributed by atoms with Crippen LogP contribution in [-0.2, 0) is 5.41 Å². The van der Waals surface area contributed by atoms with Crippen LogP contribution in [-0.4, -0.2) is 9.97 Å². The molecule has 2 nitrogen and oxygen atoms in total. The van der Waals surface area contributed by atoms with Gasteiger partial charge in [-0.15, -0.1) is 22.7 Å². The summed E-state index contributed by atoms with van der Waals surface area (Å²) in [6, 6.07) is 10.9. The van der Waals surface area contributed by atoms with Gasteiger partial charge in [0.05, 0.1) is 0 Å². The summed E-state index contributed by atoms with van der Waals surface area (Å²) in [5, 5.41) is 5.52. The Hall–Kier alpha value is -2.04.